The second kappa shape index (κ2) is 10.9. The lowest BCUT2D eigenvalue weighted by Gasteiger charge is -2.46. The molecule has 216 valence electrons. The van der Waals surface area contributed by atoms with Gasteiger partial charge < -0.3 is 30.4 Å². The van der Waals surface area contributed by atoms with Gasteiger partial charge in [-0.15, -0.1) is 0 Å². The Labute approximate surface area is 234 Å². The number of aliphatic hydroxyl groups excluding tert-OH is 2. The number of piperidine rings is 2. The van der Waals surface area contributed by atoms with E-state index in [1.54, 1.807) is 0 Å². The van der Waals surface area contributed by atoms with Crippen LogP contribution in [0.4, 0.5) is 8.78 Å². The predicted molar refractivity (Wildman–Crippen MR) is 149 cm³/mol. The van der Waals surface area contributed by atoms with Crippen LogP contribution < -0.4 is 5.32 Å². The fourth-order valence-electron chi connectivity index (χ4n) is 6.29. The molecule has 0 aromatic heterocycles. The van der Waals surface area contributed by atoms with E-state index in [0.29, 0.717) is 0 Å². The van der Waals surface area contributed by atoms with Crippen LogP contribution in [0.2, 0.25) is 0 Å². The monoisotopic (exact) mass is 555 g/mol. The van der Waals surface area contributed by atoms with E-state index in [9.17, 15) is 28.9 Å². The van der Waals surface area contributed by atoms with Crippen molar-refractivity contribution in [3.63, 3.8) is 0 Å². The standard InChI is InChI=1S/C31H39F2N3O4/c1-29(2)7-5-24-25(6-8-29)34-20-30(24)9-12-35(13-10-30)18-26(37)31(40)11-14-36(19-27(31)38)28(39)4-3-21-15-22(32)17-23(33)16-21/h3-8,15-17,26-27,34,37-38,40H,9-14,18-20H2,1-2H3/b4-3+. The largest absolute Gasteiger partial charge is 0.389 e. The summed E-state index contributed by atoms with van der Waals surface area (Å²) in [6.07, 6.45) is 10.7. The highest BCUT2D eigenvalue weighted by atomic mass is 19.1. The lowest BCUT2D eigenvalue weighted by Crippen LogP contribution is -2.64. The Morgan fingerprint density at radius 1 is 1.10 bits per heavy atom. The zero-order valence-electron chi connectivity index (χ0n) is 23.1. The summed E-state index contributed by atoms with van der Waals surface area (Å²) in [5.41, 5.74) is 1.04. The van der Waals surface area contributed by atoms with Gasteiger partial charge in [-0.3, -0.25) is 4.79 Å². The number of aliphatic hydroxyl groups is 3. The van der Waals surface area contributed by atoms with Gasteiger partial charge in [0.05, 0.1) is 6.10 Å². The number of nitrogens with one attached hydrogen (secondary N) is 1. The van der Waals surface area contributed by atoms with Gasteiger partial charge in [0.1, 0.15) is 23.3 Å². The first-order valence-electron chi connectivity index (χ1n) is 14.0. The molecule has 4 aliphatic rings. The molecular weight excluding hydrogens is 516 g/mol. The van der Waals surface area contributed by atoms with Gasteiger partial charge in [-0.25, -0.2) is 8.78 Å². The molecule has 5 rings (SSSR count). The molecule has 0 saturated carbocycles. The molecule has 9 heteroatoms. The summed E-state index contributed by atoms with van der Waals surface area (Å²) in [4.78, 5) is 16.1. The summed E-state index contributed by atoms with van der Waals surface area (Å²) in [7, 11) is 0. The van der Waals surface area contributed by atoms with E-state index >= 15 is 0 Å². The van der Waals surface area contributed by atoms with E-state index in [1.165, 1.54) is 28.3 Å². The zero-order chi connectivity index (χ0) is 28.7. The van der Waals surface area contributed by atoms with Gasteiger partial charge in [0.25, 0.3) is 0 Å². The molecule has 2 saturated heterocycles. The molecule has 4 N–H and O–H groups in total. The molecule has 0 bridgehead atoms. The first-order chi connectivity index (χ1) is 18.9. The molecule has 1 aromatic rings. The third kappa shape index (κ3) is 5.79. The van der Waals surface area contributed by atoms with Crippen LogP contribution in [0.15, 0.2) is 59.8 Å². The number of fused-ring (bicyclic) bond motifs is 1. The number of β-amino-alcohol motifs (C(OH)–C–C–N with tert-alkyl or cyclic N) is 2. The average molecular weight is 556 g/mol. The molecule has 1 amide bonds. The molecule has 3 atom stereocenters. The average Bonchev–Trinajstić information content (AvgIpc) is 3.14. The minimum Gasteiger partial charge on any atom is -0.389 e. The quantitative estimate of drug-likeness (QED) is 0.418. The maximum Gasteiger partial charge on any atom is 0.246 e. The summed E-state index contributed by atoms with van der Waals surface area (Å²) >= 11 is 0. The summed E-state index contributed by atoms with van der Waals surface area (Å²) in [6, 6.07) is 2.97. The molecule has 3 aliphatic heterocycles. The van der Waals surface area contributed by atoms with E-state index in [-0.39, 0.29) is 42.4 Å². The summed E-state index contributed by atoms with van der Waals surface area (Å²) in [5.74, 6) is -1.94. The molecular formula is C31H39F2N3O4. The smallest absolute Gasteiger partial charge is 0.246 e. The van der Waals surface area contributed by atoms with Gasteiger partial charge in [0, 0.05) is 54.8 Å². The van der Waals surface area contributed by atoms with Crippen LogP contribution in [0.1, 0.15) is 38.7 Å². The maximum absolute atomic E-state index is 13.4. The first-order valence-corrected chi connectivity index (χ1v) is 14.0. The molecule has 7 nitrogen and oxygen atoms in total. The lowest BCUT2D eigenvalue weighted by atomic mass is 9.73. The number of carbonyl (C=O) groups excluding carboxylic acids is 1. The van der Waals surface area contributed by atoms with Crippen LogP contribution in [0.5, 0.6) is 0 Å². The SMILES string of the molecule is CC1(C)C=CC2=C(C=C1)C1(CCN(CC(O)C3(O)CCN(C(=O)/C=C/c4cc(F)cc(F)c4)CC3O)CC1)CN2. The minimum absolute atomic E-state index is 0.00545. The molecule has 1 aliphatic carbocycles. The van der Waals surface area contributed by atoms with Crippen molar-refractivity contribution in [3.05, 3.63) is 77.0 Å². The van der Waals surface area contributed by atoms with Gasteiger partial charge in [0.15, 0.2) is 0 Å². The minimum atomic E-state index is -1.74. The number of carbonyl (C=O) groups is 1. The molecule has 2 fully saturated rings. The number of amides is 1. The van der Waals surface area contributed by atoms with E-state index in [2.05, 4.69) is 48.4 Å². The topological polar surface area (TPSA) is 96.3 Å². The van der Waals surface area contributed by atoms with Gasteiger partial charge in [0.2, 0.25) is 5.91 Å². The van der Waals surface area contributed by atoms with Crippen molar-refractivity contribution in [2.45, 2.75) is 50.9 Å². The van der Waals surface area contributed by atoms with Gasteiger partial charge in [-0.1, -0.05) is 32.1 Å². The second-order valence-electron chi connectivity index (χ2n) is 12.3. The highest BCUT2D eigenvalue weighted by Gasteiger charge is 2.48. The fourth-order valence-corrected chi connectivity index (χ4v) is 6.29. The third-order valence-electron chi connectivity index (χ3n) is 9.03. The van der Waals surface area contributed by atoms with E-state index in [0.717, 1.165) is 50.7 Å². The molecule has 1 aromatic carbocycles. The van der Waals surface area contributed by atoms with Crippen LogP contribution >= 0.6 is 0 Å². The van der Waals surface area contributed by atoms with Crippen molar-refractivity contribution in [1.82, 2.24) is 15.1 Å². The van der Waals surface area contributed by atoms with Crippen LogP contribution in [-0.4, -0.2) is 88.1 Å². The molecule has 3 heterocycles. The highest BCUT2D eigenvalue weighted by molar-refractivity contribution is 5.91. The van der Waals surface area contributed by atoms with Crippen LogP contribution in [-0.2, 0) is 4.79 Å². The number of likely N-dealkylation sites (tertiary alicyclic amines) is 2. The van der Waals surface area contributed by atoms with Crippen molar-refractivity contribution >= 4 is 12.0 Å². The predicted octanol–water partition coefficient (Wildman–Crippen LogP) is 2.75. The van der Waals surface area contributed by atoms with E-state index in [4.69, 9.17) is 0 Å². The number of benzene rings is 1. The van der Waals surface area contributed by atoms with Crippen molar-refractivity contribution in [2.24, 2.45) is 10.8 Å². The normalized spacial score (nSPS) is 28.6. The van der Waals surface area contributed by atoms with Gasteiger partial charge >= 0.3 is 0 Å². The Kier molecular flexibility index (Phi) is 7.78. The number of allylic oxidation sites excluding steroid dienone is 4. The van der Waals surface area contributed by atoms with E-state index < -0.39 is 35.4 Å². The van der Waals surface area contributed by atoms with Crippen LogP contribution in [0.25, 0.3) is 6.08 Å². The molecule has 3 unspecified atom stereocenters. The Morgan fingerprint density at radius 3 is 2.45 bits per heavy atom. The van der Waals surface area contributed by atoms with E-state index in [1.807, 2.05) is 0 Å². The number of hydrogen-bond acceptors (Lipinski definition) is 6. The van der Waals surface area contributed by atoms with Gasteiger partial charge in [-0.2, -0.15) is 0 Å². The number of halogens is 2. The Hall–Kier alpha value is -2.85. The molecule has 1 spiro atoms. The van der Waals surface area contributed by atoms with Crippen LogP contribution in [0, 0.1) is 22.5 Å². The van der Waals surface area contributed by atoms with Crippen molar-refractivity contribution in [2.75, 3.05) is 39.3 Å². The Morgan fingerprint density at radius 2 is 1.77 bits per heavy atom. The summed E-state index contributed by atoms with van der Waals surface area (Å²) in [6.45, 7) is 6.98. The van der Waals surface area contributed by atoms with Gasteiger partial charge in [-0.05, 0) is 67.8 Å². The molecule has 0 radical (unpaired) electrons. The number of rotatable bonds is 5. The van der Waals surface area contributed by atoms with Crippen molar-refractivity contribution in [1.29, 1.82) is 0 Å². The summed E-state index contributed by atoms with van der Waals surface area (Å²) in [5, 5.41) is 36.7. The van der Waals surface area contributed by atoms with Crippen molar-refractivity contribution < 1.29 is 28.9 Å². The molecule has 40 heavy (non-hydrogen) atoms. The Bertz CT molecular complexity index is 1240. The number of nitrogens with zero attached hydrogens (tertiary/aromatic N) is 2. The summed E-state index contributed by atoms with van der Waals surface area (Å²) < 4.78 is 26.8. The zero-order valence-corrected chi connectivity index (χ0v) is 23.1. The fraction of sp³-hybridized carbons (Fsp3) is 0.516. The second-order valence-corrected chi connectivity index (χ2v) is 12.3. The van der Waals surface area contributed by atoms with Crippen LogP contribution in [0.3, 0.4) is 0 Å². The lowest BCUT2D eigenvalue weighted by molar-refractivity contribution is -0.183. The maximum atomic E-state index is 13.4. The highest BCUT2D eigenvalue weighted by Crippen LogP contribution is 2.45. The number of hydrogen-bond donors (Lipinski definition) is 4. The Balaban J connectivity index is 1.15. The van der Waals surface area contributed by atoms with Crippen molar-refractivity contribution in [3.8, 4) is 0 Å². The first kappa shape index (κ1) is 28.7. The third-order valence-corrected chi connectivity index (χ3v) is 9.03.